The number of thiophene rings is 1. The molecule has 0 aliphatic heterocycles. The average Bonchev–Trinajstić information content (AvgIpc) is 3.06. The fraction of sp³-hybridized carbons (Fsp3) is 0.476. The summed E-state index contributed by atoms with van der Waals surface area (Å²) in [7, 11) is 3.06. The van der Waals surface area contributed by atoms with Gasteiger partial charge >= 0.3 is 12.1 Å². The Morgan fingerprint density at radius 2 is 1.87 bits per heavy atom. The lowest BCUT2D eigenvalue weighted by atomic mass is 10.0. The number of ketones is 1. The number of rotatable bonds is 8. The molecular weight excluding hydrogens is 410 g/mol. The summed E-state index contributed by atoms with van der Waals surface area (Å²) in [5, 5.41) is 9.79. The normalized spacial score (nSPS) is 12.5. The van der Waals surface area contributed by atoms with E-state index in [1.165, 1.54) is 30.3 Å². The number of Topliss-reactive ketones (excluding diaryl/α,β-unsaturated/α-hetero) is 1. The molecule has 0 saturated heterocycles. The topological polar surface area (TPSA) is 102 Å². The Kier molecular flexibility index (Phi) is 7.44. The molecule has 30 heavy (non-hydrogen) atoms. The Morgan fingerprint density at radius 3 is 2.43 bits per heavy atom. The van der Waals surface area contributed by atoms with E-state index in [1.807, 2.05) is 0 Å². The number of methoxy groups -OCH3 is 1. The molecule has 8 nitrogen and oxygen atoms in total. The van der Waals surface area contributed by atoms with E-state index in [9.17, 15) is 14.4 Å². The molecule has 1 heterocycles. The number of carboxylic acid groups (broad SMARTS) is 1. The number of ether oxygens (including phenoxy) is 3. The van der Waals surface area contributed by atoms with Gasteiger partial charge < -0.3 is 19.3 Å². The first kappa shape index (κ1) is 23.6. The van der Waals surface area contributed by atoms with Gasteiger partial charge in [-0.15, -0.1) is 11.3 Å². The van der Waals surface area contributed by atoms with Crippen LogP contribution in [0.15, 0.2) is 18.2 Å². The van der Waals surface area contributed by atoms with Crippen molar-refractivity contribution in [2.75, 3.05) is 25.9 Å². The Bertz CT molecular complexity index is 945. The molecule has 0 aliphatic rings. The molecule has 0 radical (unpaired) electrons. The van der Waals surface area contributed by atoms with Crippen LogP contribution in [0.4, 0.5) is 10.5 Å². The standard InChI is InChI=1S/C21H27NO7S/c1-12(19(24)25)7-15(23)18-9-13-8-16(28-11-27-6)14(10-17(13)30-18)22(5)20(26)29-21(2,3)4/h8-10,12H,7,11H2,1-6H3,(H,24,25). The highest BCUT2D eigenvalue weighted by atomic mass is 32.1. The molecule has 0 aliphatic carbocycles. The highest BCUT2D eigenvalue weighted by Gasteiger charge is 2.24. The maximum absolute atomic E-state index is 12.5. The van der Waals surface area contributed by atoms with Crippen molar-refractivity contribution in [2.45, 2.75) is 39.7 Å². The zero-order chi connectivity index (χ0) is 22.6. The third kappa shape index (κ3) is 5.93. The maximum atomic E-state index is 12.5. The van der Waals surface area contributed by atoms with Gasteiger partial charge in [-0.25, -0.2) is 4.79 Å². The fourth-order valence-corrected chi connectivity index (χ4v) is 3.61. The summed E-state index contributed by atoms with van der Waals surface area (Å²) in [5.74, 6) is -1.63. The monoisotopic (exact) mass is 437 g/mol. The van der Waals surface area contributed by atoms with Crippen molar-refractivity contribution in [1.82, 2.24) is 0 Å². The third-order valence-corrected chi connectivity index (χ3v) is 5.29. The van der Waals surface area contributed by atoms with Crippen LogP contribution in [0.1, 0.15) is 43.8 Å². The van der Waals surface area contributed by atoms with Crippen LogP contribution in [0.5, 0.6) is 5.75 Å². The minimum Gasteiger partial charge on any atom is -0.481 e. The predicted octanol–water partition coefficient (Wildman–Crippen LogP) is 4.55. The zero-order valence-electron chi connectivity index (χ0n) is 18.0. The van der Waals surface area contributed by atoms with Crippen LogP contribution in [0.2, 0.25) is 0 Å². The van der Waals surface area contributed by atoms with Crippen LogP contribution in [0.3, 0.4) is 0 Å². The molecule has 1 aromatic carbocycles. The molecule has 1 aromatic heterocycles. The first-order chi connectivity index (χ1) is 13.9. The minimum atomic E-state index is -1.01. The number of anilines is 1. The summed E-state index contributed by atoms with van der Waals surface area (Å²) in [6, 6.07) is 5.17. The van der Waals surface area contributed by atoms with Gasteiger partial charge in [0.15, 0.2) is 12.6 Å². The van der Waals surface area contributed by atoms with Crippen molar-refractivity contribution in [3.8, 4) is 5.75 Å². The lowest BCUT2D eigenvalue weighted by molar-refractivity contribution is -0.141. The highest BCUT2D eigenvalue weighted by molar-refractivity contribution is 7.20. The quantitative estimate of drug-likeness (QED) is 0.477. The second-order valence-electron chi connectivity index (χ2n) is 7.93. The van der Waals surface area contributed by atoms with Gasteiger partial charge in [0.05, 0.1) is 16.5 Å². The molecule has 0 spiro atoms. The van der Waals surface area contributed by atoms with Gasteiger partial charge in [0, 0.05) is 25.3 Å². The number of hydrogen-bond donors (Lipinski definition) is 1. The Morgan fingerprint density at radius 1 is 1.20 bits per heavy atom. The van der Waals surface area contributed by atoms with Crippen molar-refractivity contribution in [1.29, 1.82) is 0 Å². The summed E-state index contributed by atoms with van der Waals surface area (Å²) in [4.78, 5) is 37.8. The lowest BCUT2D eigenvalue weighted by Gasteiger charge is -2.26. The second-order valence-corrected chi connectivity index (χ2v) is 9.01. The lowest BCUT2D eigenvalue weighted by Crippen LogP contribution is -2.34. The molecule has 0 fully saturated rings. The molecule has 164 valence electrons. The Hall–Kier alpha value is -2.65. The number of amides is 1. The van der Waals surface area contributed by atoms with Crippen LogP contribution in [0, 0.1) is 5.92 Å². The van der Waals surface area contributed by atoms with Gasteiger partial charge in [-0.2, -0.15) is 0 Å². The summed E-state index contributed by atoms with van der Waals surface area (Å²) in [6.45, 7) is 6.81. The highest BCUT2D eigenvalue weighted by Crippen LogP contribution is 2.38. The molecule has 1 amide bonds. The molecule has 2 aromatic rings. The molecule has 9 heteroatoms. The number of benzene rings is 1. The van der Waals surface area contributed by atoms with Gasteiger partial charge in [0.25, 0.3) is 0 Å². The molecular formula is C21H27NO7S. The SMILES string of the molecule is COCOc1cc2cc(C(=O)CC(C)C(=O)O)sc2cc1N(C)C(=O)OC(C)(C)C. The van der Waals surface area contributed by atoms with E-state index in [1.54, 1.807) is 46.0 Å². The Labute approximate surface area is 179 Å². The van der Waals surface area contributed by atoms with Crippen LogP contribution in [-0.4, -0.2) is 49.5 Å². The first-order valence-electron chi connectivity index (χ1n) is 9.35. The number of carbonyl (C=O) groups excluding carboxylic acids is 2. The number of carboxylic acids is 1. The maximum Gasteiger partial charge on any atom is 0.414 e. The van der Waals surface area contributed by atoms with Crippen molar-refractivity contribution in [3.63, 3.8) is 0 Å². The predicted molar refractivity (Wildman–Crippen MR) is 115 cm³/mol. The van der Waals surface area contributed by atoms with Crippen LogP contribution in [-0.2, 0) is 14.3 Å². The van der Waals surface area contributed by atoms with Crippen LogP contribution >= 0.6 is 11.3 Å². The molecule has 1 atom stereocenters. The van der Waals surface area contributed by atoms with E-state index in [0.717, 1.165) is 10.1 Å². The van der Waals surface area contributed by atoms with Gasteiger partial charge in [0.1, 0.15) is 11.4 Å². The summed E-state index contributed by atoms with van der Waals surface area (Å²) in [5.41, 5.74) is -0.194. The van der Waals surface area contributed by atoms with E-state index in [-0.39, 0.29) is 19.0 Å². The van der Waals surface area contributed by atoms with Crippen molar-refractivity contribution in [2.24, 2.45) is 5.92 Å². The number of nitrogens with zero attached hydrogens (tertiary/aromatic N) is 1. The van der Waals surface area contributed by atoms with E-state index >= 15 is 0 Å². The van der Waals surface area contributed by atoms with Crippen molar-refractivity contribution in [3.05, 3.63) is 23.1 Å². The average molecular weight is 438 g/mol. The first-order valence-corrected chi connectivity index (χ1v) is 10.2. The van der Waals surface area contributed by atoms with E-state index in [4.69, 9.17) is 19.3 Å². The number of aliphatic carboxylic acids is 1. The molecule has 2 rings (SSSR count). The summed E-state index contributed by atoms with van der Waals surface area (Å²) in [6.07, 6.45) is -0.632. The largest absolute Gasteiger partial charge is 0.481 e. The number of hydrogen-bond acceptors (Lipinski definition) is 7. The molecule has 0 bridgehead atoms. The molecule has 0 saturated carbocycles. The number of fused-ring (bicyclic) bond motifs is 1. The van der Waals surface area contributed by atoms with E-state index in [2.05, 4.69) is 0 Å². The van der Waals surface area contributed by atoms with E-state index in [0.29, 0.717) is 16.3 Å². The van der Waals surface area contributed by atoms with Gasteiger partial charge in [-0.05, 0) is 44.4 Å². The molecule has 1 unspecified atom stereocenters. The van der Waals surface area contributed by atoms with Gasteiger partial charge in [0.2, 0.25) is 0 Å². The van der Waals surface area contributed by atoms with Crippen molar-refractivity contribution >= 4 is 45.0 Å². The third-order valence-electron chi connectivity index (χ3n) is 4.15. The Balaban J connectivity index is 2.42. The summed E-state index contributed by atoms with van der Waals surface area (Å²) >= 11 is 1.24. The fourth-order valence-electron chi connectivity index (χ4n) is 2.59. The van der Waals surface area contributed by atoms with Gasteiger partial charge in [-0.3, -0.25) is 14.5 Å². The van der Waals surface area contributed by atoms with Gasteiger partial charge in [-0.1, -0.05) is 6.92 Å². The van der Waals surface area contributed by atoms with Crippen molar-refractivity contribution < 1.29 is 33.7 Å². The van der Waals surface area contributed by atoms with E-state index < -0.39 is 23.6 Å². The number of carbonyl (C=O) groups is 3. The minimum absolute atomic E-state index is 0.0211. The smallest absolute Gasteiger partial charge is 0.414 e. The van der Waals surface area contributed by atoms with Crippen LogP contribution in [0.25, 0.3) is 10.1 Å². The summed E-state index contributed by atoms with van der Waals surface area (Å²) < 4.78 is 16.8. The molecule has 1 N–H and O–H groups in total. The van der Waals surface area contributed by atoms with Crippen LogP contribution < -0.4 is 9.64 Å². The second kappa shape index (κ2) is 9.44. The zero-order valence-corrected chi connectivity index (χ0v) is 18.8.